The molecular formula is C27H31N7O4S. The number of hydrogen-bond donors (Lipinski definition) is 2. The number of morpholine rings is 1. The standard InChI is InChI=1S/C27H31N7O4S/c35-25(30-22-16-29-4-3-23(22)33-7-5-28-6-8-33)26-31-24(18-39-26)34-17-19-1-2-20(15-21(19)27(34)36)38-14-11-32-9-12-37-13-10-32/h1-4,15-16,18,28H,5-14,17H2,(H,30,35). The summed E-state index contributed by atoms with van der Waals surface area (Å²) >= 11 is 1.21. The van der Waals surface area contributed by atoms with Crippen LogP contribution in [0.4, 0.5) is 17.2 Å². The minimum Gasteiger partial charge on any atom is -0.492 e. The minimum atomic E-state index is -0.323. The first-order chi connectivity index (χ1) is 19.2. The minimum absolute atomic E-state index is 0.144. The van der Waals surface area contributed by atoms with Gasteiger partial charge in [0.05, 0.1) is 37.3 Å². The van der Waals surface area contributed by atoms with Crippen LogP contribution in [0.1, 0.15) is 25.7 Å². The summed E-state index contributed by atoms with van der Waals surface area (Å²) < 4.78 is 11.3. The molecule has 0 bridgehead atoms. The molecule has 39 heavy (non-hydrogen) atoms. The number of fused-ring (bicyclic) bond motifs is 1. The van der Waals surface area contributed by atoms with Gasteiger partial charge < -0.3 is 25.0 Å². The molecule has 0 saturated carbocycles. The summed E-state index contributed by atoms with van der Waals surface area (Å²) in [6, 6.07) is 7.54. The summed E-state index contributed by atoms with van der Waals surface area (Å²) in [4.78, 5) is 41.2. The van der Waals surface area contributed by atoms with E-state index in [1.807, 2.05) is 18.2 Å². The molecule has 3 aliphatic heterocycles. The summed E-state index contributed by atoms with van der Waals surface area (Å²) in [5.41, 5.74) is 3.10. The van der Waals surface area contributed by atoms with Crippen LogP contribution in [0.3, 0.4) is 0 Å². The highest BCUT2D eigenvalue weighted by Gasteiger charge is 2.31. The molecule has 5 heterocycles. The Hall–Kier alpha value is -3.58. The van der Waals surface area contributed by atoms with Crippen LogP contribution in [0.25, 0.3) is 0 Å². The van der Waals surface area contributed by atoms with Gasteiger partial charge >= 0.3 is 0 Å². The lowest BCUT2D eigenvalue weighted by molar-refractivity contribution is 0.0322. The first-order valence-corrected chi connectivity index (χ1v) is 14.1. The van der Waals surface area contributed by atoms with E-state index in [4.69, 9.17) is 9.47 Å². The summed E-state index contributed by atoms with van der Waals surface area (Å²) in [7, 11) is 0. The number of anilines is 3. The van der Waals surface area contributed by atoms with Crippen molar-refractivity contribution < 1.29 is 19.1 Å². The zero-order valence-electron chi connectivity index (χ0n) is 21.6. The molecule has 0 aliphatic carbocycles. The lowest BCUT2D eigenvalue weighted by Gasteiger charge is -2.30. The fraction of sp³-hybridized carbons (Fsp3) is 0.407. The molecule has 2 aromatic heterocycles. The number of nitrogens with zero attached hydrogens (tertiary/aromatic N) is 5. The fourth-order valence-electron chi connectivity index (χ4n) is 5.01. The molecule has 3 aliphatic rings. The molecule has 204 valence electrons. The second-order valence-corrected chi connectivity index (χ2v) is 10.5. The topological polar surface area (TPSA) is 112 Å². The number of ether oxygens (including phenoxy) is 2. The van der Waals surface area contributed by atoms with Crippen molar-refractivity contribution in [3.05, 3.63) is 58.2 Å². The van der Waals surface area contributed by atoms with E-state index in [-0.39, 0.29) is 16.8 Å². The normalized spacial score (nSPS) is 17.8. The molecular weight excluding hydrogens is 518 g/mol. The van der Waals surface area contributed by atoms with Gasteiger partial charge in [-0.1, -0.05) is 6.07 Å². The first-order valence-electron chi connectivity index (χ1n) is 13.2. The first kappa shape index (κ1) is 25.7. The molecule has 2 amide bonds. The zero-order chi connectivity index (χ0) is 26.6. The Labute approximate surface area is 230 Å². The number of nitrogens with one attached hydrogen (secondary N) is 2. The molecule has 3 aromatic rings. The van der Waals surface area contributed by atoms with Crippen molar-refractivity contribution in [3.63, 3.8) is 0 Å². The van der Waals surface area contributed by atoms with Gasteiger partial charge in [-0.25, -0.2) is 4.98 Å². The van der Waals surface area contributed by atoms with Crippen LogP contribution in [-0.2, 0) is 11.3 Å². The summed E-state index contributed by atoms with van der Waals surface area (Å²) in [5, 5.41) is 8.33. The number of carbonyl (C=O) groups is 2. The Balaban J connectivity index is 1.09. The van der Waals surface area contributed by atoms with Crippen molar-refractivity contribution in [3.8, 4) is 5.75 Å². The quantitative estimate of drug-likeness (QED) is 0.436. The lowest BCUT2D eigenvalue weighted by Crippen LogP contribution is -2.43. The van der Waals surface area contributed by atoms with Crippen LogP contribution in [0.5, 0.6) is 5.75 Å². The smallest absolute Gasteiger partial charge is 0.284 e. The molecule has 2 saturated heterocycles. The Morgan fingerprint density at radius 3 is 2.85 bits per heavy atom. The predicted molar refractivity (Wildman–Crippen MR) is 149 cm³/mol. The van der Waals surface area contributed by atoms with Crippen molar-refractivity contribution >= 4 is 40.3 Å². The van der Waals surface area contributed by atoms with Gasteiger partial charge in [-0.05, 0) is 23.8 Å². The Bertz CT molecular complexity index is 1340. The second kappa shape index (κ2) is 11.7. The molecule has 11 nitrogen and oxygen atoms in total. The van der Waals surface area contributed by atoms with E-state index < -0.39 is 0 Å². The highest BCUT2D eigenvalue weighted by Crippen LogP contribution is 2.32. The van der Waals surface area contributed by atoms with Crippen molar-refractivity contribution in [2.75, 3.05) is 80.8 Å². The van der Waals surface area contributed by atoms with Crippen LogP contribution in [-0.4, -0.2) is 92.3 Å². The Kier molecular flexibility index (Phi) is 7.68. The third kappa shape index (κ3) is 5.74. The average Bonchev–Trinajstić information content (AvgIpc) is 3.59. The van der Waals surface area contributed by atoms with Crippen molar-refractivity contribution in [1.29, 1.82) is 0 Å². The molecule has 0 atom stereocenters. The number of piperazine rings is 1. The zero-order valence-corrected chi connectivity index (χ0v) is 22.4. The SMILES string of the molecule is O=C(Nc1cnccc1N1CCNCC1)c1nc(N2Cc3ccc(OCCN4CCOCC4)cc3C2=O)cs1. The highest BCUT2D eigenvalue weighted by atomic mass is 32.1. The van der Waals surface area contributed by atoms with Crippen LogP contribution in [0.15, 0.2) is 42.0 Å². The lowest BCUT2D eigenvalue weighted by atomic mass is 10.1. The summed E-state index contributed by atoms with van der Waals surface area (Å²) in [6.45, 7) is 8.59. The molecule has 1 aromatic carbocycles. The van der Waals surface area contributed by atoms with Gasteiger partial charge in [0.2, 0.25) is 0 Å². The molecule has 2 fully saturated rings. The summed E-state index contributed by atoms with van der Waals surface area (Å²) in [6.07, 6.45) is 3.39. The number of benzene rings is 1. The molecule has 0 radical (unpaired) electrons. The van der Waals surface area contributed by atoms with Gasteiger partial charge in [-0.2, -0.15) is 0 Å². The monoisotopic (exact) mass is 549 g/mol. The van der Waals surface area contributed by atoms with Crippen molar-refractivity contribution in [2.45, 2.75) is 6.54 Å². The largest absolute Gasteiger partial charge is 0.492 e. The van der Waals surface area contributed by atoms with Gasteiger partial charge in [0, 0.05) is 63.0 Å². The maximum atomic E-state index is 13.3. The van der Waals surface area contributed by atoms with Crippen LogP contribution < -0.4 is 25.2 Å². The molecule has 0 spiro atoms. The molecule has 6 rings (SSSR count). The predicted octanol–water partition coefficient (Wildman–Crippen LogP) is 2.07. The number of carbonyl (C=O) groups excluding carboxylic acids is 2. The molecule has 2 N–H and O–H groups in total. The molecule has 0 unspecified atom stereocenters. The van der Waals surface area contributed by atoms with E-state index in [2.05, 4.69) is 30.4 Å². The van der Waals surface area contributed by atoms with Gasteiger partial charge in [0.15, 0.2) is 5.01 Å². The van der Waals surface area contributed by atoms with E-state index in [0.717, 1.165) is 70.3 Å². The average molecular weight is 550 g/mol. The third-order valence-electron chi connectivity index (χ3n) is 7.13. The number of thiazole rings is 1. The van der Waals surface area contributed by atoms with E-state index in [0.29, 0.717) is 36.0 Å². The van der Waals surface area contributed by atoms with Gasteiger partial charge in [-0.15, -0.1) is 11.3 Å². The number of amides is 2. The van der Waals surface area contributed by atoms with E-state index >= 15 is 0 Å². The van der Waals surface area contributed by atoms with Gasteiger partial charge in [0.1, 0.15) is 18.2 Å². The van der Waals surface area contributed by atoms with E-state index in [9.17, 15) is 9.59 Å². The Morgan fingerprint density at radius 2 is 2.00 bits per heavy atom. The van der Waals surface area contributed by atoms with Crippen molar-refractivity contribution in [2.24, 2.45) is 0 Å². The third-order valence-corrected chi connectivity index (χ3v) is 7.96. The van der Waals surface area contributed by atoms with Gasteiger partial charge in [-0.3, -0.25) is 24.4 Å². The fourth-order valence-corrected chi connectivity index (χ4v) is 5.71. The van der Waals surface area contributed by atoms with E-state index in [1.165, 1.54) is 11.3 Å². The second-order valence-electron chi connectivity index (χ2n) is 9.61. The number of rotatable bonds is 8. The van der Waals surface area contributed by atoms with Crippen LogP contribution in [0, 0.1) is 0 Å². The highest BCUT2D eigenvalue weighted by molar-refractivity contribution is 7.12. The summed E-state index contributed by atoms with van der Waals surface area (Å²) in [5.74, 6) is 0.673. The van der Waals surface area contributed by atoms with Gasteiger partial charge in [0.25, 0.3) is 11.8 Å². The van der Waals surface area contributed by atoms with Crippen LogP contribution >= 0.6 is 11.3 Å². The Morgan fingerprint density at radius 1 is 1.15 bits per heavy atom. The molecule has 12 heteroatoms. The van der Waals surface area contributed by atoms with Crippen molar-refractivity contribution in [1.82, 2.24) is 20.2 Å². The number of aromatic nitrogens is 2. The van der Waals surface area contributed by atoms with Crippen LogP contribution in [0.2, 0.25) is 0 Å². The number of pyridine rings is 1. The van der Waals surface area contributed by atoms with E-state index in [1.54, 1.807) is 28.7 Å². The maximum Gasteiger partial charge on any atom is 0.284 e. The number of hydrogen-bond acceptors (Lipinski definition) is 10. The maximum absolute atomic E-state index is 13.3.